The molecule has 1 rings (SSSR count). The van der Waals surface area contributed by atoms with Gasteiger partial charge in [-0.2, -0.15) is 0 Å². The summed E-state index contributed by atoms with van der Waals surface area (Å²) in [6, 6.07) is 1.58. The summed E-state index contributed by atoms with van der Waals surface area (Å²) < 4.78 is 0. The number of nitrogens with one attached hydrogen (secondary N) is 2. The van der Waals surface area contributed by atoms with E-state index in [0.717, 1.165) is 13.0 Å². The van der Waals surface area contributed by atoms with Gasteiger partial charge in [-0.25, -0.2) is 9.97 Å². The van der Waals surface area contributed by atoms with Crippen molar-refractivity contribution in [2.45, 2.75) is 13.3 Å². The zero-order valence-electron chi connectivity index (χ0n) is 9.36. The molecule has 5 heteroatoms. The fourth-order valence-corrected chi connectivity index (χ4v) is 1.06. The standard InChI is InChI=1S/C11H16N4O/c1-3-6-12-10(16)9-5-8-14-11(15-9)13-7-4-2/h3,5,8H,1,4,6-7H2,2H3,(H,12,16)(H,13,14,15). The Balaban J connectivity index is 2.65. The van der Waals surface area contributed by atoms with Gasteiger partial charge in [-0.05, 0) is 12.5 Å². The van der Waals surface area contributed by atoms with Crippen molar-refractivity contribution in [3.05, 3.63) is 30.6 Å². The molecule has 16 heavy (non-hydrogen) atoms. The molecule has 1 aromatic heterocycles. The number of rotatable bonds is 6. The molecule has 0 saturated carbocycles. The first kappa shape index (κ1) is 12.2. The van der Waals surface area contributed by atoms with Crippen molar-refractivity contribution >= 4 is 11.9 Å². The number of carbonyl (C=O) groups excluding carboxylic acids is 1. The molecule has 1 aromatic rings. The number of nitrogens with zero attached hydrogens (tertiary/aromatic N) is 2. The summed E-state index contributed by atoms with van der Waals surface area (Å²) >= 11 is 0. The van der Waals surface area contributed by atoms with Crippen LogP contribution < -0.4 is 10.6 Å². The minimum Gasteiger partial charge on any atom is -0.354 e. The molecule has 0 aromatic carbocycles. The zero-order valence-corrected chi connectivity index (χ0v) is 9.36. The van der Waals surface area contributed by atoms with E-state index >= 15 is 0 Å². The summed E-state index contributed by atoms with van der Waals surface area (Å²) in [6.07, 6.45) is 4.17. The SMILES string of the molecule is C=CCNC(=O)c1ccnc(NCCC)n1. The van der Waals surface area contributed by atoms with Crippen LogP contribution in [-0.2, 0) is 0 Å². The van der Waals surface area contributed by atoms with Gasteiger partial charge in [-0.1, -0.05) is 13.0 Å². The van der Waals surface area contributed by atoms with Gasteiger partial charge in [0.1, 0.15) is 5.69 Å². The Morgan fingerprint density at radius 2 is 2.44 bits per heavy atom. The van der Waals surface area contributed by atoms with Gasteiger partial charge >= 0.3 is 0 Å². The fraction of sp³-hybridized carbons (Fsp3) is 0.364. The van der Waals surface area contributed by atoms with Crippen molar-refractivity contribution < 1.29 is 4.79 Å². The molecule has 86 valence electrons. The predicted octanol–water partition coefficient (Wildman–Crippen LogP) is 1.21. The highest BCUT2D eigenvalue weighted by Gasteiger charge is 2.06. The van der Waals surface area contributed by atoms with E-state index in [-0.39, 0.29) is 5.91 Å². The lowest BCUT2D eigenvalue weighted by Crippen LogP contribution is -2.24. The molecule has 0 saturated heterocycles. The van der Waals surface area contributed by atoms with Gasteiger partial charge in [0.15, 0.2) is 0 Å². The minimum absolute atomic E-state index is 0.221. The van der Waals surface area contributed by atoms with Crippen LogP contribution in [-0.4, -0.2) is 29.0 Å². The molecule has 0 spiro atoms. The molecule has 0 unspecified atom stereocenters. The Morgan fingerprint density at radius 3 is 3.12 bits per heavy atom. The number of aromatic nitrogens is 2. The Hall–Kier alpha value is -1.91. The molecule has 1 amide bonds. The van der Waals surface area contributed by atoms with E-state index in [9.17, 15) is 4.79 Å². The van der Waals surface area contributed by atoms with Crippen molar-refractivity contribution in [2.75, 3.05) is 18.4 Å². The first-order chi connectivity index (χ1) is 7.77. The van der Waals surface area contributed by atoms with Crippen LogP contribution in [0.2, 0.25) is 0 Å². The van der Waals surface area contributed by atoms with Crippen molar-refractivity contribution in [3.63, 3.8) is 0 Å². The number of carbonyl (C=O) groups is 1. The molecular formula is C11H16N4O. The van der Waals surface area contributed by atoms with E-state index in [0.29, 0.717) is 18.2 Å². The predicted molar refractivity (Wildman–Crippen MR) is 63.3 cm³/mol. The van der Waals surface area contributed by atoms with Crippen LogP contribution in [0.25, 0.3) is 0 Å². The number of amides is 1. The van der Waals surface area contributed by atoms with Crippen LogP contribution in [0.15, 0.2) is 24.9 Å². The number of hydrogen-bond acceptors (Lipinski definition) is 4. The highest BCUT2D eigenvalue weighted by Crippen LogP contribution is 2.00. The summed E-state index contributed by atoms with van der Waals surface area (Å²) in [5.41, 5.74) is 0.357. The maximum Gasteiger partial charge on any atom is 0.270 e. The van der Waals surface area contributed by atoms with E-state index in [1.54, 1.807) is 18.3 Å². The van der Waals surface area contributed by atoms with E-state index in [1.165, 1.54) is 0 Å². The van der Waals surface area contributed by atoms with Crippen molar-refractivity contribution in [2.24, 2.45) is 0 Å². The first-order valence-corrected chi connectivity index (χ1v) is 5.24. The zero-order chi connectivity index (χ0) is 11.8. The molecule has 2 N–H and O–H groups in total. The summed E-state index contributed by atoms with van der Waals surface area (Å²) in [7, 11) is 0. The third kappa shape index (κ3) is 3.68. The van der Waals surface area contributed by atoms with E-state index < -0.39 is 0 Å². The second-order valence-electron chi connectivity index (χ2n) is 3.19. The second-order valence-corrected chi connectivity index (χ2v) is 3.19. The van der Waals surface area contributed by atoms with Gasteiger partial charge in [0.2, 0.25) is 5.95 Å². The summed E-state index contributed by atoms with van der Waals surface area (Å²) in [4.78, 5) is 19.7. The fourth-order valence-electron chi connectivity index (χ4n) is 1.06. The van der Waals surface area contributed by atoms with E-state index in [4.69, 9.17) is 0 Å². The van der Waals surface area contributed by atoms with Gasteiger partial charge in [0.05, 0.1) is 0 Å². The van der Waals surface area contributed by atoms with Crippen molar-refractivity contribution in [1.82, 2.24) is 15.3 Å². The topological polar surface area (TPSA) is 66.9 Å². The second kappa shape index (κ2) is 6.55. The van der Waals surface area contributed by atoms with Crippen LogP contribution in [0.5, 0.6) is 0 Å². The quantitative estimate of drug-likeness (QED) is 0.707. The molecule has 0 aliphatic rings. The van der Waals surface area contributed by atoms with Crippen LogP contribution in [0.4, 0.5) is 5.95 Å². The molecule has 0 atom stereocenters. The van der Waals surface area contributed by atoms with Crippen LogP contribution >= 0.6 is 0 Å². The van der Waals surface area contributed by atoms with E-state index in [1.807, 2.05) is 6.92 Å². The first-order valence-electron chi connectivity index (χ1n) is 5.24. The van der Waals surface area contributed by atoms with Gasteiger partial charge in [-0.15, -0.1) is 6.58 Å². The molecule has 0 aliphatic heterocycles. The van der Waals surface area contributed by atoms with E-state index in [2.05, 4.69) is 27.2 Å². The molecule has 0 bridgehead atoms. The third-order valence-corrected chi connectivity index (χ3v) is 1.83. The average Bonchev–Trinajstić information content (AvgIpc) is 2.33. The Morgan fingerprint density at radius 1 is 1.62 bits per heavy atom. The van der Waals surface area contributed by atoms with Crippen LogP contribution in [0.3, 0.4) is 0 Å². The maximum absolute atomic E-state index is 11.6. The Labute approximate surface area is 95.0 Å². The average molecular weight is 220 g/mol. The Bertz CT molecular complexity index is 365. The van der Waals surface area contributed by atoms with Gasteiger partial charge in [-0.3, -0.25) is 4.79 Å². The number of hydrogen-bond donors (Lipinski definition) is 2. The minimum atomic E-state index is -0.221. The lowest BCUT2D eigenvalue weighted by molar-refractivity contribution is 0.0953. The summed E-state index contributed by atoms with van der Waals surface area (Å²) in [5.74, 6) is 0.259. The maximum atomic E-state index is 11.6. The molecule has 0 fully saturated rings. The van der Waals surface area contributed by atoms with Gasteiger partial charge < -0.3 is 10.6 Å². The van der Waals surface area contributed by atoms with Gasteiger partial charge in [0.25, 0.3) is 5.91 Å². The van der Waals surface area contributed by atoms with Gasteiger partial charge in [0, 0.05) is 19.3 Å². The summed E-state index contributed by atoms with van der Waals surface area (Å²) in [6.45, 7) is 6.79. The number of anilines is 1. The lowest BCUT2D eigenvalue weighted by Gasteiger charge is -2.05. The molecule has 0 aliphatic carbocycles. The normalized spacial score (nSPS) is 9.56. The van der Waals surface area contributed by atoms with Crippen LogP contribution in [0.1, 0.15) is 23.8 Å². The lowest BCUT2D eigenvalue weighted by atomic mass is 10.4. The largest absolute Gasteiger partial charge is 0.354 e. The smallest absolute Gasteiger partial charge is 0.270 e. The summed E-state index contributed by atoms with van der Waals surface area (Å²) in [5, 5.41) is 5.68. The highest BCUT2D eigenvalue weighted by molar-refractivity contribution is 5.92. The molecule has 1 heterocycles. The van der Waals surface area contributed by atoms with Crippen LogP contribution in [0, 0.1) is 0 Å². The molecular weight excluding hydrogens is 204 g/mol. The van der Waals surface area contributed by atoms with Crippen molar-refractivity contribution in [3.8, 4) is 0 Å². The highest BCUT2D eigenvalue weighted by atomic mass is 16.1. The third-order valence-electron chi connectivity index (χ3n) is 1.83. The Kier molecular flexibility index (Phi) is 4.98. The molecule has 5 nitrogen and oxygen atoms in total. The van der Waals surface area contributed by atoms with Crippen molar-refractivity contribution in [1.29, 1.82) is 0 Å². The monoisotopic (exact) mass is 220 g/mol. The molecule has 0 radical (unpaired) electrons.